The Bertz CT molecular complexity index is 612. The van der Waals surface area contributed by atoms with Crippen LogP contribution in [0.25, 0.3) is 0 Å². The average Bonchev–Trinajstić information content (AvgIpc) is 2.45. The van der Waals surface area contributed by atoms with E-state index in [1.165, 1.54) is 0 Å². The van der Waals surface area contributed by atoms with E-state index in [2.05, 4.69) is 10.6 Å². The summed E-state index contributed by atoms with van der Waals surface area (Å²) in [5.74, 6) is -0.0106. The standard InChI is InChI=1S/C15H14Cl2N2O/c1-2-15(20)19-12-6-4-11(5-7-12)18-14-9-10(16)3-8-13(14)17/h3-9,18H,2H2,1H3,(H,19,20). The molecule has 0 saturated carbocycles. The molecule has 2 rings (SSSR count). The van der Waals surface area contributed by atoms with Crippen LogP contribution in [0.2, 0.25) is 10.0 Å². The second kappa shape index (κ2) is 6.64. The number of anilines is 3. The van der Waals surface area contributed by atoms with Gasteiger partial charge in [0.2, 0.25) is 5.91 Å². The molecular formula is C15H14Cl2N2O. The molecule has 0 spiro atoms. The van der Waals surface area contributed by atoms with E-state index < -0.39 is 0 Å². The lowest BCUT2D eigenvalue weighted by molar-refractivity contribution is -0.115. The molecule has 2 N–H and O–H groups in total. The molecule has 0 saturated heterocycles. The molecule has 0 atom stereocenters. The number of halogens is 2. The van der Waals surface area contributed by atoms with E-state index in [0.717, 1.165) is 17.1 Å². The maximum Gasteiger partial charge on any atom is 0.224 e. The van der Waals surface area contributed by atoms with Gasteiger partial charge in [0.05, 0.1) is 10.7 Å². The van der Waals surface area contributed by atoms with E-state index >= 15 is 0 Å². The molecule has 0 aromatic heterocycles. The van der Waals surface area contributed by atoms with Gasteiger partial charge in [0.15, 0.2) is 0 Å². The molecule has 0 aliphatic carbocycles. The van der Waals surface area contributed by atoms with Crippen molar-refractivity contribution in [1.29, 1.82) is 0 Å². The van der Waals surface area contributed by atoms with E-state index in [0.29, 0.717) is 16.5 Å². The van der Waals surface area contributed by atoms with Crippen LogP contribution < -0.4 is 10.6 Å². The number of hydrogen-bond donors (Lipinski definition) is 2. The molecule has 0 bridgehead atoms. The molecule has 2 aromatic carbocycles. The molecule has 0 heterocycles. The van der Waals surface area contributed by atoms with Crippen molar-refractivity contribution in [3.8, 4) is 0 Å². The minimum absolute atomic E-state index is 0.0106. The zero-order valence-corrected chi connectivity index (χ0v) is 12.4. The molecular weight excluding hydrogens is 295 g/mol. The van der Waals surface area contributed by atoms with Crippen LogP contribution in [0.15, 0.2) is 42.5 Å². The van der Waals surface area contributed by atoms with Gasteiger partial charge in [-0.2, -0.15) is 0 Å². The Balaban J connectivity index is 2.10. The van der Waals surface area contributed by atoms with E-state index in [4.69, 9.17) is 23.2 Å². The molecule has 0 unspecified atom stereocenters. The summed E-state index contributed by atoms with van der Waals surface area (Å²) >= 11 is 12.0. The summed E-state index contributed by atoms with van der Waals surface area (Å²) in [5.41, 5.74) is 2.37. The molecule has 3 nitrogen and oxygen atoms in total. The fourth-order valence-electron chi connectivity index (χ4n) is 1.64. The summed E-state index contributed by atoms with van der Waals surface area (Å²) in [6.45, 7) is 1.81. The molecule has 0 radical (unpaired) electrons. The van der Waals surface area contributed by atoms with Gasteiger partial charge in [-0.25, -0.2) is 0 Å². The highest BCUT2D eigenvalue weighted by Crippen LogP contribution is 2.28. The van der Waals surface area contributed by atoms with Gasteiger partial charge in [-0.3, -0.25) is 4.79 Å². The molecule has 0 aliphatic heterocycles. The summed E-state index contributed by atoms with van der Waals surface area (Å²) in [7, 11) is 0. The van der Waals surface area contributed by atoms with Gasteiger partial charge in [-0.15, -0.1) is 0 Å². The van der Waals surface area contributed by atoms with Crippen LogP contribution in [0.1, 0.15) is 13.3 Å². The van der Waals surface area contributed by atoms with Crippen LogP contribution in [0.3, 0.4) is 0 Å². The largest absolute Gasteiger partial charge is 0.354 e. The topological polar surface area (TPSA) is 41.1 Å². The maximum atomic E-state index is 11.3. The van der Waals surface area contributed by atoms with E-state index in [1.807, 2.05) is 31.2 Å². The van der Waals surface area contributed by atoms with E-state index in [1.54, 1.807) is 18.2 Å². The van der Waals surface area contributed by atoms with Gasteiger partial charge < -0.3 is 10.6 Å². The Kier molecular flexibility index (Phi) is 4.88. The van der Waals surface area contributed by atoms with Gasteiger partial charge in [-0.1, -0.05) is 30.1 Å². The number of carbonyl (C=O) groups is 1. The summed E-state index contributed by atoms with van der Waals surface area (Å²) in [6.07, 6.45) is 0.456. The lowest BCUT2D eigenvalue weighted by Gasteiger charge is -2.10. The summed E-state index contributed by atoms with van der Waals surface area (Å²) in [6, 6.07) is 12.6. The van der Waals surface area contributed by atoms with Crippen molar-refractivity contribution in [1.82, 2.24) is 0 Å². The van der Waals surface area contributed by atoms with Crippen molar-refractivity contribution in [3.63, 3.8) is 0 Å². The first kappa shape index (κ1) is 14.7. The first-order valence-electron chi connectivity index (χ1n) is 6.20. The smallest absolute Gasteiger partial charge is 0.224 e. The SMILES string of the molecule is CCC(=O)Nc1ccc(Nc2cc(Cl)ccc2Cl)cc1. The number of nitrogens with one attached hydrogen (secondary N) is 2. The fraction of sp³-hybridized carbons (Fsp3) is 0.133. The van der Waals surface area contributed by atoms with Crippen molar-refractivity contribution in [2.45, 2.75) is 13.3 Å². The van der Waals surface area contributed by atoms with Gasteiger partial charge in [0.1, 0.15) is 0 Å². The molecule has 0 aliphatic rings. The Morgan fingerprint density at radius 1 is 1.05 bits per heavy atom. The third kappa shape index (κ3) is 3.89. The number of rotatable bonds is 4. The summed E-state index contributed by atoms with van der Waals surface area (Å²) in [4.78, 5) is 11.3. The molecule has 2 aromatic rings. The van der Waals surface area contributed by atoms with Crippen molar-refractivity contribution >= 4 is 46.2 Å². The van der Waals surface area contributed by atoms with E-state index in [9.17, 15) is 4.79 Å². The zero-order chi connectivity index (χ0) is 14.5. The second-order valence-corrected chi connectivity index (χ2v) is 5.07. The van der Waals surface area contributed by atoms with Crippen molar-refractivity contribution in [2.75, 3.05) is 10.6 Å². The first-order chi connectivity index (χ1) is 9.58. The van der Waals surface area contributed by atoms with Crippen LogP contribution >= 0.6 is 23.2 Å². The molecule has 0 fully saturated rings. The van der Waals surface area contributed by atoms with Gasteiger partial charge in [0, 0.05) is 22.8 Å². The highest BCUT2D eigenvalue weighted by atomic mass is 35.5. The second-order valence-electron chi connectivity index (χ2n) is 4.23. The molecule has 104 valence electrons. The lowest BCUT2D eigenvalue weighted by atomic mass is 10.2. The Labute approximate surface area is 127 Å². The Morgan fingerprint density at radius 2 is 1.70 bits per heavy atom. The van der Waals surface area contributed by atoms with Gasteiger partial charge in [0.25, 0.3) is 0 Å². The first-order valence-corrected chi connectivity index (χ1v) is 6.96. The fourth-order valence-corrected chi connectivity index (χ4v) is 1.97. The predicted octanol–water partition coefficient (Wildman–Crippen LogP) is 5.09. The number of benzene rings is 2. The Hall–Kier alpha value is -1.71. The zero-order valence-electron chi connectivity index (χ0n) is 10.9. The van der Waals surface area contributed by atoms with Gasteiger partial charge in [-0.05, 0) is 42.5 Å². The molecule has 20 heavy (non-hydrogen) atoms. The summed E-state index contributed by atoms with van der Waals surface area (Å²) < 4.78 is 0. The van der Waals surface area contributed by atoms with Crippen LogP contribution in [-0.4, -0.2) is 5.91 Å². The normalized spacial score (nSPS) is 10.2. The minimum Gasteiger partial charge on any atom is -0.354 e. The third-order valence-electron chi connectivity index (χ3n) is 2.70. The maximum absolute atomic E-state index is 11.3. The van der Waals surface area contributed by atoms with Crippen molar-refractivity contribution in [2.24, 2.45) is 0 Å². The minimum atomic E-state index is -0.0106. The predicted molar refractivity (Wildman–Crippen MR) is 85.1 cm³/mol. The average molecular weight is 309 g/mol. The number of hydrogen-bond acceptors (Lipinski definition) is 2. The van der Waals surface area contributed by atoms with Crippen LogP contribution in [-0.2, 0) is 4.79 Å². The van der Waals surface area contributed by atoms with Crippen molar-refractivity contribution in [3.05, 3.63) is 52.5 Å². The molecule has 5 heteroatoms. The molecule has 1 amide bonds. The highest BCUT2D eigenvalue weighted by molar-refractivity contribution is 6.35. The Morgan fingerprint density at radius 3 is 2.35 bits per heavy atom. The van der Waals surface area contributed by atoms with E-state index in [-0.39, 0.29) is 5.91 Å². The number of amides is 1. The summed E-state index contributed by atoms with van der Waals surface area (Å²) in [5, 5.41) is 7.18. The monoisotopic (exact) mass is 308 g/mol. The third-order valence-corrected chi connectivity index (χ3v) is 3.26. The van der Waals surface area contributed by atoms with Crippen LogP contribution in [0.5, 0.6) is 0 Å². The number of carbonyl (C=O) groups excluding carboxylic acids is 1. The highest BCUT2D eigenvalue weighted by Gasteiger charge is 2.03. The van der Waals surface area contributed by atoms with Crippen LogP contribution in [0, 0.1) is 0 Å². The quantitative estimate of drug-likeness (QED) is 0.826. The van der Waals surface area contributed by atoms with Gasteiger partial charge >= 0.3 is 0 Å². The van der Waals surface area contributed by atoms with Crippen molar-refractivity contribution < 1.29 is 4.79 Å². The van der Waals surface area contributed by atoms with Crippen LogP contribution in [0.4, 0.5) is 17.1 Å². The lowest BCUT2D eigenvalue weighted by Crippen LogP contribution is -2.09.